The Morgan fingerprint density at radius 3 is 2.45 bits per heavy atom. The van der Waals surface area contributed by atoms with E-state index in [9.17, 15) is 0 Å². The van der Waals surface area contributed by atoms with Crippen LogP contribution < -0.4 is 5.32 Å². The van der Waals surface area contributed by atoms with E-state index in [1.165, 1.54) is 38.6 Å². The zero-order valence-electron chi connectivity index (χ0n) is 6.91. The first-order valence-electron chi connectivity index (χ1n) is 4.66. The van der Waals surface area contributed by atoms with Crippen LogP contribution in [-0.2, 0) is 0 Å². The number of halogens is 1. The number of alkyl halides is 1. The van der Waals surface area contributed by atoms with Crippen molar-refractivity contribution in [2.45, 2.75) is 37.6 Å². The number of hydrogen-bond acceptors (Lipinski definition) is 1. The second-order valence-corrected chi connectivity index (χ2v) is 4.36. The predicted molar refractivity (Wildman–Crippen MR) is 48.0 cm³/mol. The molecule has 0 saturated heterocycles. The second-order valence-electron chi connectivity index (χ2n) is 4.09. The van der Waals surface area contributed by atoms with Gasteiger partial charge in [0.25, 0.3) is 0 Å². The molecule has 0 aromatic carbocycles. The third-order valence-electron chi connectivity index (χ3n) is 3.03. The number of nitrogens with one attached hydrogen (secondary N) is 1. The Balaban J connectivity index is 1.72. The van der Waals surface area contributed by atoms with Crippen LogP contribution in [0, 0.1) is 5.92 Å². The summed E-state index contributed by atoms with van der Waals surface area (Å²) in [5.74, 6) is 1.79. The molecule has 2 heteroatoms. The van der Waals surface area contributed by atoms with Crippen LogP contribution in [0.15, 0.2) is 0 Å². The van der Waals surface area contributed by atoms with E-state index in [0.717, 1.165) is 11.8 Å². The van der Waals surface area contributed by atoms with Gasteiger partial charge in [-0.15, -0.1) is 11.6 Å². The van der Waals surface area contributed by atoms with E-state index in [1.54, 1.807) is 0 Å². The lowest BCUT2D eigenvalue weighted by atomic mass is 9.78. The Hall–Kier alpha value is 0.250. The summed E-state index contributed by atoms with van der Waals surface area (Å²) in [5, 5.41) is 3.61. The van der Waals surface area contributed by atoms with Gasteiger partial charge in [0.2, 0.25) is 0 Å². The quantitative estimate of drug-likeness (QED) is 0.643. The highest BCUT2D eigenvalue weighted by Gasteiger charge is 2.36. The zero-order chi connectivity index (χ0) is 7.73. The van der Waals surface area contributed by atoms with Gasteiger partial charge in [0.15, 0.2) is 0 Å². The van der Waals surface area contributed by atoms with Gasteiger partial charge in [0, 0.05) is 11.4 Å². The van der Waals surface area contributed by atoms with Crippen LogP contribution in [-0.4, -0.2) is 18.0 Å². The molecule has 0 radical (unpaired) electrons. The smallest absolute Gasteiger partial charge is 0.0406 e. The van der Waals surface area contributed by atoms with Crippen LogP contribution in [0.4, 0.5) is 0 Å². The standard InChI is InChI=1S/C9H16ClN/c10-7-9(4-1-5-9)11-6-8-2-3-8/h8,11H,1-7H2. The molecule has 0 atom stereocenters. The summed E-state index contributed by atoms with van der Waals surface area (Å²) in [7, 11) is 0. The molecule has 2 aliphatic carbocycles. The maximum Gasteiger partial charge on any atom is 0.0406 e. The van der Waals surface area contributed by atoms with Crippen LogP contribution in [0.25, 0.3) is 0 Å². The van der Waals surface area contributed by atoms with Gasteiger partial charge in [-0.25, -0.2) is 0 Å². The molecule has 1 nitrogen and oxygen atoms in total. The SMILES string of the molecule is ClCC1(NCC2CC2)CCC1. The fourth-order valence-corrected chi connectivity index (χ4v) is 2.01. The molecule has 64 valence electrons. The van der Waals surface area contributed by atoms with Gasteiger partial charge in [-0.05, 0) is 44.6 Å². The zero-order valence-corrected chi connectivity index (χ0v) is 7.66. The molecule has 0 aliphatic heterocycles. The summed E-state index contributed by atoms with van der Waals surface area (Å²) >= 11 is 5.90. The van der Waals surface area contributed by atoms with E-state index in [-0.39, 0.29) is 0 Å². The van der Waals surface area contributed by atoms with E-state index in [1.807, 2.05) is 0 Å². The maximum absolute atomic E-state index is 5.90. The van der Waals surface area contributed by atoms with Crippen molar-refractivity contribution in [2.75, 3.05) is 12.4 Å². The van der Waals surface area contributed by atoms with Gasteiger partial charge in [-0.3, -0.25) is 0 Å². The van der Waals surface area contributed by atoms with Gasteiger partial charge in [0.05, 0.1) is 0 Å². The Morgan fingerprint density at radius 1 is 1.36 bits per heavy atom. The van der Waals surface area contributed by atoms with Crippen LogP contribution in [0.2, 0.25) is 0 Å². The first kappa shape index (κ1) is 7.88. The molecule has 11 heavy (non-hydrogen) atoms. The summed E-state index contributed by atoms with van der Waals surface area (Å²) < 4.78 is 0. The van der Waals surface area contributed by atoms with E-state index in [4.69, 9.17) is 11.6 Å². The molecule has 0 spiro atoms. The fourth-order valence-electron chi connectivity index (χ4n) is 1.64. The van der Waals surface area contributed by atoms with Gasteiger partial charge >= 0.3 is 0 Å². The van der Waals surface area contributed by atoms with E-state index >= 15 is 0 Å². The molecule has 1 N–H and O–H groups in total. The molecule has 2 saturated carbocycles. The van der Waals surface area contributed by atoms with Crippen molar-refractivity contribution in [3.63, 3.8) is 0 Å². The minimum atomic E-state index is 0.351. The summed E-state index contributed by atoms with van der Waals surface area (Å²) in [4.78, 5) is 0. The lowest BCUT2D eigenvalue weighted by Crippen LogP contribution is -2.53. The summed E-state index contributed by atoms with van der Waals surface area (Å²) in [6.07, 6.45) is 6.83. The molecule has 0 heterocycles. The topological polar surface area (TPSA) is 12.0 Å². The Morgan fingerprint density at radius 2 is 2.09 bits per heavy atom. The van der Waals surface area contributed by atoms with Crippen molar-refractivity contribution in [3.05, 3.63) is 0 Å². The first-order valence-corrected chi connectivity index (χ1v) is 5.19. The molecule has 0 amide bonds. The lowest BCUT2D eigenvalue weighted by molar-refractivity contribution is 0.211. The van der Waals surface area contributed by atoms with Crippen LogP contribution >= 0.6 is 11.6 Å². The second kappa shape index (κ2) is 2.95. The van der Waals surface area contributed by atoms with Crippen molar-refractivity contribution >= 4 is 11.6 Å². The predicted octanol–water partition coefficient (Wildman–Crippen LogP) is 2.15. The lowest BCUT2D eigenvalue weighted by Gasteiger charge is -2.41. The van der Waals surface area contributed by atoms with E-state index in [0.29, 0.717) is 5.54 Å². The monoisotopic (exact) mass is 173 g/mol. The highest BCUT2D eigenvalue weighted by molar-refractivity contribution is 6.18. The van der Waals surface area contributed by atoms with E-state index in [2.05, 4.69) is 5.32 Å². The van der Waals surface area contributed by atoms with Crippen molar-refractivity contribution in [3.8, 4) is 0 Å². The van der Waals surface area contributed by atoms with Crippen LogP contribution in [0.3, 0.4) is 0 Å². The molecule has 0 bridgehead atoms. The Labute approximate surface area is 73.5 Å². The average molecular weight is 174 g/mol. The summed E-state index contributed by atoms with van der Waals surface area (Å²) in [5.41, 5.74) is 0.351. The highest BCUT2D eigenvalue weighted by atomic mass is 35.5. The molecule has 2 rings (SSSR count). The van der Waals surface area contributed by atoms with Gasteiger partial charge in [-0.2, -0.15) is 0 Å². The highest BCUT2D eigenvalue weighted by Crippen LogP contribution is 2.35. The van der Waals surface area contributed by atoms with Crippen LogP contribution in [0.1, 0.15) is 32.1 Å². The normalized spacial score (nSPS) is 28.1. The Kier molecular flexibility index (Phi) is 2.11. The van der Waals surface area contributed by atoms with Crippen molar-refractivity contribution < 1.29 is 0 Å². The van der Waals surface area contributed by atoms with Gasteiger partial charge in [0.1, 0.15) is 0 Å². The van der Waals surface area contributed by atoms with E-state index < -0.39 is 0 Å². The minimum absolute atomic E-state index is 0.351. The van der Waals surface area contributed by atoms with Gasteiger partial charge in [-0.1, -0.05) is 0 Å². The molecule has 0 unspecified atom stereocenters. The molecule has 0 aromatic heterocycles. The van der Waals surface area contributed by atoms with Crippen molar-refractivity contribution in [2.24, 2.45) is 5.92 Å². The summed E-state index contributed by atoms with van der Waals surface area (Å²) in [6, 6.07) is 0. The third kappa shape index (κ3) is 1.70. The van der Waals surface area contributed by atoms with Crippen molar-refractivity contribution in [1.29, 1.82) is 0 Å². The third-order valence-corrected chi connectivity index (χ3v) is 3.54. The fraction of sp³-hybridized carbons (Fsp3) is 1.00. The Bertz CT molecular complexity index is 133. The summed E-state index contributed by atoms with van der Waals surface area (Å²) in [6.45, 7) is 1.22. The molecule has 2 fully saturated rings. The average Bonchev–Trinajstić information content (AvgIpc) is 2.70. The van der Waals surface area contributed by atoms with Crippen molar-refractivity contribution in [1.82, 2.24) is 5.32 Å². The largest absolute Gasteiger partial charge is 0.310 e. The molecule has 2 aliphatic rings. The van der Waals surface area contributed by atoms with Gasteiger partial charge < -0.3 is 5.32 Å². The maximum atomic E-state index is 5.90. The number of rotatable bonds is 4. The molecule has 0 aromatic rings. The molecular formula is C9H16ClN. The minimum Gasteiger partial charge on any atom is -0.310 e. The first-order chi connectivity index (χ1) is 5.35. The molecular weight excluding hydrogens is 158 g/mol. The van der Waals surface area contributed by atoms with Crippen LogP contribution in [0.5, 0.6) is 0 Å². The number of hydrogen-bond donors (Lipinski definition) is 1.